The van der Waals surface area contributed by atoms with Crippen LogP contribution in [0, 0.1) is 0 Å². The summed E-state index contributed by atoms with van der Waals surface area (Å²) in [5.74, 6) is 0. The third-order valence-electron chi connectivity index (χ3n) is 1.39. The van der Waals surface area contributed by atoms with Gasteiger partial charge in [0.15, 0.2) is 2.74 Å². The predicted octanol–water partition coefficient (Wildman–Crippen LogP) is 5.39. The molecule has 0 aromatic carbocycles. The van der Waals surface area contributed by atoms with E-state index in [0.29, 0.717) is 15.7 Å². The van der Waals surface area contributed by atoms with Crippen LogP contribution in [0.3, 0.4) is 0 Å². The van der Waals surface area contributed by atoms with Crippen molar-refractivity contribution in [1.82, 2.24) is 0 Å². The topological polar surface area (TPSA) is 0 Å². The smallest absolute Gasteiger partial charge is 0.126 e. The Labute approximate surface area is 113 Å². The monoisotopic (exact) mass is 284 g/mol. The lowest BCUT2D eigenvalue weighted by Crippen LogP contribution is -2.18. The van der Waals surface area contributed by atoms with Gasteiger partial charge in [0.1, 0.15) is 0 Å². The van der Waals surface area contributed by atoms with Crippen molar-refractivity contribution in [2.75, 3.05) is 6.26 Å². The van der Waals surface area contributed by atoms with Gasteiger partial charge in [-0.3, -0.25) is 0 Å². The summed E-state index contributed by atoms with van der Waals surface area (Å²) >= 11 is 8.27. The van der Waals surface area contributed by atoms with Crippen LogP contribution in [0.2, 0.25) is 0 Å². The number of thioether (sulfide) groups is 4. The molecule has 0 N–H and O–H groups in total. The highest BCUT2D eigenvalue weighted by Gasteiger charge is 2.34. The molecular weight excluding hydrogens is 260 g/mol. The molecule has 0 fully saturated rings. The van der Waals surface area contributed by atoms with E-state index in [-0.39, 0.29) is 2.74 Å². The van der Waals surface area contributed by atoms with E-state index in [1.165, 1.54) is 0 Å². The standard InChI is InChI=1S/C11H24S4/c1-8(2)13-11(12-7,14-9(3)4)15-10(5)6/h8-10H,1-7H3. The van der Waals surface area contributed by atoms with E-state index in [9.17, 15) is 0 Å². The Bertz CT molecular complexity index is 139. The van der Waals surface area contributed by atoms with Crippen molar-refractivity contribution in [3.8, 4) is 0 Å². The van der Waals surface area contributed by atoms with Gasteiger partial charge in [-0.15, -0.1) is 47.0 Å². The molecule has 0 heterocycles. The predicted molar refractivity (Wildman–Crippen MR) is 84.4 cm³/mol. The van der Waals surface area contributed by atoms with Crippen molar-refractivity contribution in [3.05, 3.63) is 0 Å². The van der Waals surface area contributed by atoms with E-state index in [1.807, 2.05) is 11.8 Å². The van der Waals surface area contributed by atoms with Gasteiger partial charge in [-0.05, 0) is 6.26 Å². The van der Waals surface area contributed by atoms with Crippen LogP contribution in [0.25, 0.3) is 0 Å². The molecule has 0 aliphatic rings. The van der Waals surface area contributed by atoms with E-state index >= 15 is 0 Å². The van der Waals surface area contributed by atoms with Crippen LogP contribution in [-0.4, -0.2) is 24.7 Å². The Balaban J connectivity index is 4.59. The van der Waals surface area contributed by atoms with E-state index in [2.05, 4.69) is 83.1 Å². The van der Waals surface area contributed by atoms with Crippen molar-refractivity contribution >= 4 is 47.0 Å². The maximum absolute atomic E-state index is 2.29. The van der Waals surface area contributed by atoms with Gasteiger partial charge in [0, 0.05) is 15.7 Å². The average molecular weight is 285 g/mol. The quantitative estimate of drug-likeness (QED) is 0.575. The van der Waals surface area contributed by atoms with Crippen molar-refractivity contribution < 1.29 is 0 Å². The average Bonchev–Trinajstić information content (AvgIpc) is 1.99. The van der Waals surface area contributed by atoms with Gasteiger partial charge < -0.3 is 0 Å². The highest BCUT2D eigenvalue weighted by molar-refractivity contribution is 8.47. The molecule has 0 bridgehead atoms. The van der Waals surface area contributed by atoms with Gasteiger partial charge in [-0.1, -0.05) is 41.5 Å². The summed E-state index contributed by atoms with van der Waals surface area (Å²) < 4.78 is 0.274. The van der Waals surface area contributed by atoms with Gasteiger partial charge in [0.2, 0.25) is 0 Å². The molecule has 0 unspecified atom stereocenters. The molecule has 0 rings (SSSR count). The highest BCUT2D eigenvalue weighted by atomic mass is 32.3. The molecule has 0 atom stereocenters. The van der Waals surface area contributed by atoms with Crippen LogP contribution in [0.4, 0.5) is 0 Å². The summed E-state index contributed by atoms with van der Waals surface area (Å²) in [4.78, 5) is 0. The van der Waals surface area contributed by atoms with Crippen LogP contribution < -0.4 is 0 Å². The summed E-state index contributed by atoms with van der Waals surface area (Å²) in [7, 11) is 0. The summed E-state index contributed by atoms with van der Waals surface area (Å²) in [5, 5.41) is 2.07. The zero-order valence-electron chi connectivity index (χ0n) is 10.9. The zero-order valence-corrected chi connectivity index (χ0v) is 14.1. The zero-order chi connectivity index (χ0) is 12.1. The van der Waals surface area contributed by atoms with Gasteiger partial charge in [0.25, 0.3) is 0 Å². The minimum absolute atomic E-state index is 0.274. The Hall–Kier alpha value is 1.40. The summed E-state index contributed by atoms with van der Waals surface area (Å²) in [5.41, 5.74) is 0. The SMILES string of the molecule is CSC(SC(C)C)(SC(C)C)SC(C)C. The van der Waals surface area contributed by atoms with E-state index in [1.54, 1.807) is 0 Å². The van der Waals surface area contributed by atoms with Gasteiger partial charge in [-0.25, -0.2) is 0 Å². The molecule has 0 saturated carbocycles. The van der Waals surface area contributed by atoms with Crippen LogP contribution in [0.5, 0.6) is 0 Å². The van der Waals surface area contributed by atoms with E-state index in [4.69, 9.17) is 0 Å². The Morgan fingerprint density at radius 1 is 0.667 bits per heavy atom. The first-order chi connectivity index (χ1) is 6.81. The lowest BCUT2D eigenvalue weighted by atomic mass is 10.6. The van der Waals surface area contributed by atoms with Crippen molar-refractivity contribution in [1.29, 1.82) is 0 Å². The molecule has 0 aliphatic carbocycles. The van der Waals surface area contributed by atoms with E-state index in [0.717, 1.165) is 0 Å². The van der Waals surface area contributed by atoms with Crippen LogP contribution in [0.1, 0.15) is 41.5 Å². The maximum Gasteiger partial charge on any atom is 0.154 e. The fourth-order valence-electron chi connectivity index (χ4n) is 1.09. The van der Waals surface area contributed by atoms with Gasteiger partial charge in [0.05, 0.1) is 0 Å². The number of hydrogen-bond donors (Lipinski definition) is 0. The molecule has 92 valence electrons. The summed E-state index contributed by atoms with van der Waals surface area (Å²) in [6, 6.07) is 0. The maximum atomic E-state index is 2.29. The highest BCUT2D eigenvalue weighted by Crippen LogP contribution is 2.58. The number of hydrogen-bond acceptors (Lipinski definition) is 4. The van der Waals surface area contributed by atoms with E-state index < -0.39 is 0 Å². The lowest BCUT2D eigenvalue weighted by molar-refractivity contribution is 1.09. The molecule has 0 aromatic rings. The van der Waals surface area contributed by atoms with Crippen LogP contribution in [-0.2, 0) is 0 Å². The second kappa shape index (κ2) is 7.67. The van der Waals surface area contributed by atoms with Gasteiger partial charge in [-0.2, -0.15) is 0 Å². The first-order valence-electron chi connectivity index (χ1n) is 5.40. The molecule has 0 aromatic heterocycles. The summed E-state index contributed by atoms with van der Waals surface area (Å²) in [6.45, 7) is 13.7. The molecule has 0 saturated heterocycles. The lowest BCUT2D eigenvalue weighted by Gasteiger charge is -2.34. The Morgan fingerprint density at radius 2 is 0.933 bits per heavy atom. The fraction of sp³-hybridized carbons (Fsp3) is 1.00. The first kappa shape index (κ1) is 16.4. The molecule has 0 aliphatic heterocycles. The minimum Gasteiger partial charge on any atom is -0.126 e. The van der Waals surface area contributed by atoms with Gasteiger partial charge >= 0.3 is 0 Å². The largest absolute Gasteiger partial charge is 0.154 e. The third kappa shape index (κ3) is 7.35. The summed E-state index contributed by atoms with van der Waals surface area (Å²) in [6.07, 6.45) is 2.24. The Kier molecular flexibility index (Phi) is 8.39. The van der Waals surface area contributed by atoms with Crippen LogP contribution in [0.15, 0.2) is 0 Å². The molecule has 15 heavy (non-hydrogen) atoms. The van der Waals surface area contributed by atoms with Crippen LogP contribution >= 0.6 is 47.0 Å². The molecular formula is C11H24S4. The fourth-order valence-corrected chi connectivity index (χ4v) is 9.84. The Morgan fingerprint density at radius 3 is 1.07 bits per heavy atom. The minimum atomic E-state index is 0.274. The first-order valence-corrected chi connectivity index (χ1v) is 9.26. The van der Waals surface area contributed by atoms with Crippen molar-refractivity contribution in [3.63, 3.8) is 0 Å². The second-order valence-electron chi connectivity index (χ2n) is 4.20. The molecule has 0 nitrogen and oxygen atoms in total. The normalized spacial score (nSPS) is 13.2. The molecule has 4 heteroatoms. The second-order valence-corrected chi connectivity index (χ2v) is 12.1. The molecule has 0 amide bonds. The molecule has 0 radical (unpaired) electrons. The molecule has 0 spiro atoms. The number of rotatable bonds is 7. The van der Waals surface area contributed by atoms with Crippen molar-refractivity contribution in [2.24, 2.45) is 0 Å². The third-order valence-corrected chi connectivity index (χ3v) is 8.27. The van der Waals surface area contributed by atoms with Crippen molar-refractivity contribution in [2.45, 2.75) is 60.0 Å².